The Bertz CT molecular complexity index is 704. The van der Waals surface area contributed by atoms with Gasteiger partial charge in [-0.05, 0) is 31.7 Å². The lowest BCUT2D eigenvalue weighted by molar-refractivity contribution is 0.197. The average molecular weight is 381 g/mol. The fraction of sp³-hybridized carbons (Fsp3) is 0.611. The van der Waals surface area contributed by atoms with Crippen molar-refractivity contribution in [3.63, 3.8) is 0 Å². The number of amides is 2. The molecule has 8 heteroatoms. The summed E-state index contributed by atoms with van der Waals surface area (Å²) in [6.07, 6.45) is 2.51. The predicted molar refractivity (Wildman–Crippen MR) is 101 cm³/mol. The number of carbonyl (C=O) groups is 1. The minimum absolute atomic E-state index is 0.0867. The molecule has 2 amide bonds. The molecule has 7 nitrogen and oxygen atoms in total. The lowest BCUT2D eigenvalue weighted by atomic mass is 10.1. The molecule has 1 aromatic carbocycles. The van der Waals surface area contributed by atoms with Crippen molar-refractivity contribution in [2.24, 2.45) is 0 Å². The third-order valence-electron chi connectivity index (χ3n) is 5.10. The third-order valence-corrected chi connectivity index (χ3v) is 7.13. The summed E-state index contributed by atoms with van der Waals surface area (Å²) < 4.78 is 28.5. The van der Waals surface area contributed by atoms with Crippen LogP contribution in [-0.2, 0) is 10.2 Å². The number of hydrogen-bond acceptors (Lipinski definition) is 3. The molecule has 0 aliphatic carbocycles. The van der Waals surface area contributed by atoms with E-state index in [1.54, 1.807) is 9.21 Å². The Hall–Kier alpha value is -1.64. The second kappa shape index (κ2) is 8.37. The number of nitrogens with one attached hydrogen (secondary N) is 1. The van der Waals surface area contributed by atoms with E-state index in [9.17, 15) is 13.2 Å². The van der Waals surface area contributed by atoms with E-state index in [0.717, 1.165) is 18.4 Å². The molecule has 2 saturated heterocycles. The van der Waals surface area contributed by atoms with Crippen LogP contribution < -0.4 is 5.32 Å². The van der Waals surface area contributed by atoms with Crippen molar-refractivity contribution in [3.05, 3.63) is 35.9 Å². The highest BCUT2D eigenvalue weighted by Crippen LogP contribution is 2.18. The second-order valence-corrected chi connectivity index (χ2v) is 8.86. The fourth-order valence-corrected chi connectivity index (χ4v) is 5.23. The molecule has 3 rings (SSSR count). The zero-order chi connectivity index (χ0) is 18.6. The van der Waals surface area contributed by atoms with Crippen molar-refractivity contribution in [1.29, 1.82) is 0 Å². The van der Waals surface area contributed by atoms with Gasteiger partial charge in [0, 0.05) is 39.3 Å². The van der Waals surface area contributed by atoms with Gasteiger partial charge in [-0.15, -0.1) is 0 Å². The van der Waals surface area contributed by atoms with Crippen molar-refractivity contribution < 1.29 is 13.2 Å². The maximum atomic E-state index is 12.7. The van der Waals surface area contributed by atoms with Gasteiger partial charge in [0.15, 0.2) is 0 Å². The van der Waals surface area contributed by atoms with Gasteiger partial charge >= 0.3 is 6.03 Å². The molecule has 1 atom stereocenters. The molecule has 0 saturated carbocycles. The van der Waals surface area contributed by atoms with E-state index in [4.69, 9.17) is 0 Å². The van der Waals surface area contributed by atoms with E-state index in [1.165, 1.54) is 4.31 Å². The van der Waals surface area contributed by atoms with E-state index in [1.807, 2.05) is 37.3 Å². The van der Waals surface area contributed by atoms with Crippen LogP contribution >= 0.6 is 0 Å². The molecule has 2 heterocycles. The smallest absolute Gasteiger partial charge is 0.317 e. The molecule has 1 N–H and O–H groups in total. The Kier molecular flexibility index (Phi) is 6.16. The SMILES string of the molecule is C[C@H](NC(=O)N1CCCN(S(=O)(=O)N2CCCC2)CC1)c1ccccc1. The minimum atomic E-state index is -3.39. The van der Waals surface area contributed by atoms with Crippen LogP contribution in [-0.4, -0.2) is 67.2 Å². The van der Waals surface area contributed by atoms with Crippen LogP contribution in [0.2, 0.25) is 0 Å². The van der Waals surface area contributed by atoms with Crippen LogP contribution in [0.25, 0.3) is 0 Å². The Morgan fingerprint density at radius 2 is 1.54 bits per heavy atom. The minimum Gasteiger partial charge on any atom is -0.331 e. The summed E-state index contributed by atoms with van der Waals surface area (Å²) in [5.74, 6) is 0. The molecular formula is C18H28N4O3S. The summed E-state index contributed by atoms with van der Waals surface area (Å²) >= 11 is 0. The van der Waals surface area contributed by atoms with Gasteiger partial charge in [0.1, 0.15) is 0 Å². The van der Waals surface area contributed by atoms with Gasteiger partial charge in [-0.3, -0.25) is 0 Å². The van der Waals surface area contributed by atoms with Gasteiger partial charge in [0.25, 0.3) is 10.2 Å². The molecule has 1 aromatic rings. The maximum absolute atomic E-state index is 12.7. The van der Waals surface area contributed by atoms with Crippen LogP contribution in [0.3, 0.4) is 0 Å². The van der Waals surface area contributed by atoms with Crippen LogP contribution in [0, 0.1) is 0 Å². The summed E-state index contributed by atoms with van der Waals surface area (Å²) in [5.41, 5.74) is 1.05. The van der Waals surface area contributed by atoms with Crippen molar-refractivity contribution in [1.82, 2.24) is 18.8 Å². The van der Waals surface area contributed by atoms with Gasteiger partial charge < -0.3 is 10.2 Å². The Labute approximate surface area is 156 Å². The zero-order valence-corrected chi connectivity index (χ0v) is 16.1. The fourth-order valence-electron chi connectivity index (χ4n) is 3.51. The van der Waals surface area contributed by atoms with E-state index in [2.05, 4.69) is 5.32 Å². The summed E-state index contributed by atoms with van der Waals surface area (Å²) in [6, 6.07) is 9.59. The van der Waals surface area contributed by atoms with Crippen molar-refractivity contribution in [2.75, 3.05) is 39.3 Å². The zero-order valence-electron chi connectivity index (χ0n) is 15.3. The number of hydrogen-bond donors (Lipinski definition) is 1. The van der Waals surface area contributed by atoms with Crippen molar-refractivity contribution in [2.45, 2.75) is 32.2 Å². The summed E-state index contributed by atoms with van der Waals surface area (Å²) in [5, 5.41) is 3.01. The number of nitrogens with zero attached hydrogens (tertiary/aromatic N) is 3. The van der Waals surface area contributed by atoms with Gasteiger partial charge in [0.05, 0.1) is 6.04 Å². The molecule has 0 radical (unpaired) electrons. The van der Waals surface area contributed by atoms with Gasteiger partial charge in [-0.1, -0.05) is 30.3 Å². The average Bonchev–Trinajstić information content (AvgIpc) is 3.07. The van der Waals surface area contributed by atoms with Gasteiger partial charge in [-0.25, -0.2) is 4.79 Å². The Morgan fingerprint density at radius 1 is 0.923 bits per heavy atom. The normalized spacial score (nSPS) is 21.3. The van der Waals surface area contributed by atoms with E-state index in [-0.39, 0.29) is 12.1 Å². The molecule has 0 aromatic heterocycles. The van der Waals surface area contributed by atoms with E-state index >= 15 is 0 Å². The monoisotopic (exact) mass is 380 g/mol. The number of benzene rings is 1. The Balaban J connectivity index is 1.57. The largest absolute Gasteiger partial charge is 0.331 e. The molecule has 2 aliphatic heterocycles. The topological polar surface area (TPSA) is 73.0 Å². The maximum Gasteiger partial charge on any atom is 0.317 e. The number of carbonyl (C=O) groups excluding carboxylic acids is 1. The molecule has 2 fully saturated rings. The number of rotatable bonds is 4. The summed E-state index contributed by atoms with van der Waals surface area (Å²) in [6.45, 7) is 4.98. The first-order valence-corrected chi connectivity index (χ1v) is 10.7. The molecular weight excluding hydrogens is 352 g/mol. The Morgan fingerprint density at radius 3 is 2.23 bits per heavy atom. The number of urea groups is 1. The molecule has 0 spiro atoms. The van der Waals surface area contributed by atoms with Crippen LogP contribution in [0.5, 0.6) is 0 Å². The predicted octanol–water partition coefficient (Wildman–Crippen LogP) is 1.81. The first-order valence-electron chi connectivity index (χ1n) is 9.34. The van der Waals surface area contributed by atoms with E-state index < -0.39 is 10.2 Å². The standard InChI is InChI=1S/C18H28N4O3S/c1-16(17-8-3-2-4-9-17)19-18(23)20-10-7-13-22(15-14-20)26(24,25)21-11-5-6-12-21/h2-4,8-9,16H,5-7,10-15H2,1H3,(H,19,23)/t16-/m0/s1. The molecule has 0 bridgehead atoms. The van der Waals surface area contributed by atoms with Gasteiger partial charge in [0.2, 0.25) is 0 Å². The summed E-state index contributed by atoms with van der Waals surface area (Å²) in [7, 11) is -3.39. The molecule has 2 aliphatic rings. The van der Waals surface area contributed by atoms with E-state index in [0.29, 0.717) is 45.7 Å². The van der Waals surface area contributed by atoms with Crippen LogP contribution in [0.1, 0.15) is 37.8 Å². The first kappa shape index (κ1) is 19.1. The van der Waals surface area contributed by atoms with Crippen LogP contribution in [0.15, 0.2) is 30.3 Å². The molecule has 26 heavy (non-hydrogen) atoms. The second-order valence-electron chi connectivity index (χ2n) is 6.94. The lowest BCUT2D eigenvalue weighted by Gasteiger charge is -2.26. The van der Waals surface area contributed by atoms with Gasteiger partial charge in [-0.2, -0.15) is 17.0 Å². The highest BCUT2D eigenvalue weighted by molar-refractivity contribution is 7.86. The molecule has 0 unspecified atom stereocenters. The first-order chi connectivity index (χ1) is 12.5. The van der Waals surface area contributed by atoms with Crippen LogP contribution in [0.4, 0.5) is 4.79 Å². The van der Waals surface area contributed by atoms with Crippen molar-refractivity contribution >= 4 is 16.2 Å². The summed E-state index contributed by atoms with van der Waals surface area (Å²) in [4.78, 5) is 14.3. The quantitative estimate of drug-likeness (QED) is 0.866. The third kappa shape index (κ3) is 4.36. The van der Waals surface area contributed by atoms with Crippen molar-refractivity contribution in [3.8, 4) is 0 Å². The highest BCUT2D eigenvalue weighted by Gasteiger charge is 2.33. The lowest BCUT2D eigenvalue weighted by Crippen LogP contribution is -2.46. The highest BCUT2D eigenvalue weighted by atomic mass is 32.2. The molecule has 144 valence electrons.